The third-order valence-corrected chi connectivity index (χ3v) is 4.15. The van der Waals surface area contributed by atoms with Crippen LogP contribution in [0.3, 0.4) is 0 Å². The van der Waals surface area contributed by atoms with Crippen molar-refractivity contribution >= 4 is 10.8 Å². The van der Waals surface area contributed by atoms with Crippen molar-refractivity contribution in [3.8, 4) is 11.4 Å². The molecule has 1 saturated heterocycles. The molecule has 1 fully saturated rings. The van der Waals surface area contributed by atoms with Gasteiger partial charge in [-0.2, -0.15) is 4.98 Å². The highest BCUT2D eigenvalue weighted by molar-refractivity contribution is 7.85. The van der Waals surface area contributed by atoms with Crippen LogP contribution in [0.4, 0.5) is 0 Å². The van der Waals surface area contributed by atoms with Gasteiger partial charge in [0, 0.05) is 35.4 Å². The summed E-state index contributed by atoms with van der Waals surface area (Å²) in [5, 5.41) is 3.91. The van der Waals surface area contributed by atoms with Gasteiger partial charge in [0.05, 0.1) is 18.4 Å². The minimum Gasteiger partial charge on any atom is -0.472 e. The fourth-order valence-corrected chi connectivity index (χ4v) is 2.98. The Balaban J connectivity index is 1.65. The molecule has 0 amide bonds. The smallest absolute Gasteiger partial charge is 0.241 e. The van der Waals surface area contributed by atoms with Crippen LogP contribution >= 0.6 is 0 Å². The molecule has 18 heavy (non-hydrogen) atoms. The SMILES string of the molecule is O=S1CCN(Cc2nc(-c3ccoc3)no2)CC1. The Morgan fingerprint density at radius 3 is 2.94 bits per heavy atom. The highest BCUT2D eigenvalue weighted by Gasteiger charge is 2.18. The summed E-state index contributed by atoms with van der Waals surface area (Å²) < 4.78 is 21.4. The highest BCUT2D eigenvalue weighted by atomic mass is 32.2. The van der Waals surface area contributed by atoms with Crippen molar-refractivity contribution in [3.05, 3.63) is 24.5 Å². The molecule has 1 aliphatic rings. The Kier molecular flexibility index (Phi) is 3.24. The molecule has 3 heterocycles. The Morgan fingerprint density at radius 2 is 2.22 bits per heavy atom. The predicted molar refractivity (Wildman–Crippen MR) is 65.2 cm³/mol. The first-order chi connectivity index (χ1) is 8.81. The lowest BCUT2D eigenvalue weighted by Gasteiger charge is -2.24. The third-order valence-electron chi connectivity index (χ3n) is 2.88. The average Bonchev–Trinajstić information content (AvgIpc) is 3.02. The van der Waals surface area contributed by atoms with Gasteiger partial charge in [-0.15, -0.1) is 0 Å². The molecule has 0 atom stereocenters. The summed E-state index contributed by atoms with van der Waals surface area (Å²) in [7, 11) is -0.659. The largest absolute Gasteiger partial charge is 0.472 e. The maximum Gasteiger partial charge on any atom is 0.241 e. The van der Waals surface area contributed by atoms with E-state index in [4.69, 9.17) is 8.94 Å². The zero-order valence-corrected chi connectivity index (χ0v) is 10.6. The van der Waals surface area contributed by atoms with E-state index in [-0.39, 0.29) is 0 Å². The maximum atomic E-state index is 11.2. The number of nitrogens with zero attached hydrogens (tertiary/aromatic N) is 3. The number of furan rings is 1. The van der Waals surface area contributed by atoms with Gasteiger partial charge in [-0.3, -0.25) is 9.11 Å². The van der Waals surface area contributed by atoms with Crippen LogP contribution in [0.15, 0.2) is 27.5 Å². The van der Waals surface area contributed by atoms with Crippen molar-refractivity contribution in [3.63, 3.8) is 0 Å². The molecule has 3 rings (SSSR count). The van der Waals surface area contributed by atoms with E-state index < -0.39 is 10.8 Å². The molecule has 0 N–H and O–H groups in total. The number of hydrogen-bond acceptors (Lipinski definition) is 6. The average molecular weight is 267 g/mol. The van der Waals surface area contributed by atoms with E-state index in [0.717, 1.165) is 30.2 Å². The number of rotatable bonds is 3. The fourth-order valence-electron chi connectivity index (χ4n) is 1.85. The predicted octanol–water partition coefficient (Wildman–Crippen LogP) is 0.894. The molecule has 2 aromatic heterocycles. The van der Waals surface area contributed by atoms with Crippen molar-refractivity contribution in [1.29, 1.82) is 0 Å². The molecule has 96 valence electrons. The van der Waals surface area contributed by atoms with Crippen LogP contribution in [-0.4, -0.2) is 43.8 Å². The van der Waals surface area contributed by atoms with E-state index in [1.807, 2.05) is 0 Å². The van der Waals surface area contributed by atoms with E-state index in [1.165, 1.54) is 0 Å². The van der Waals surface area contributed by atoms with E-state index in [1.54, 1.807) is 18.6 Å². The van der Waals surface area contributed by atoms with Gasteiger partial charge in [0.25, 0.3) is 0 Å². The van der Waals surface area contributed by atoms with E-state index >= 15 is 0 Å². The maximum absolute atomic E-state index is 11.2. The molecule has 0 spiro atoms. The molecular weight excluding hydrogens is 254 g/mol. The normalized spacial score (nSPS) is 18.2. The zero-order valence-electron chi connectivity index (χ0n) is 9.74. The van der Waals surface area contributed by atoms with Crippen molar-refractivity contribution in [2.75, 3.05) is 24.6 Å². The quantitative estimate of drug-likeness (QED) is 0.822. The van der Waals surface area contributed by atoms with Crippen molar-refractivity contribution < 1.29 is 13.1 Å². The molecular formula is C11H13N3O3S. The lowest BCUT2D eigenvalue weighted by Crippen LogP contribution is -2.37. The van der Waals surface area contributed by atoms with Gasteiger partial charge >= 0.3 is 0 Å². The van der Waals surface area contributed by atoms with E-state index in [0.29, 0.717) is 18.3 Å². The van der Waals surface area contributed by atoms with Crippen molar-refractivity contribution in [2.45, 2.75) is 6.54 Å². The van der Waals surface area contributed by atoms with Crippen LogP contribution in [0.2, 0.25) is 0 Å². The van der Waals surface area contributed by atoms with E-state index in [2.05, 4.69) is 15.0 Å². The molecule has 0 aromatic carbocycles. The first kappa shape index (κ1) is 11.6. The summed E-state index contributed by atoms with van der Waals surface area (Å²) in [4.78, 5) is 6.49. The Labute approximate surface area is 106 Å². The third kappa shape index (κ3) is 2.51. The lowest BCUT2D eigenvalue weighted by molar-refractivity contribution is 0.244. The standard InChI is InChI=1S/C11H13N3O3S/c15-18-5-2-14(3-6-18)7-10-12-11(13-17-10)9-1-4-16-8-9/h1,4,8H,2-3,5-7H2. The molecule has 0 unspecified atom stereocenters. The topological polar surface area (TPSA) is 72.4 Å². The lowest BCUT2D eigenvalue weighted by atomic mass is 10.3. The minimum absolute atomic E-state index is 0.541. The highest BCUT2D eigenvalue weighted by Crippen LogP contribution is 2.16. The van der Waals surface area contributed by atoms with Gasteiger partial charge in [0.2, 0.25) is 11.7 Å². The summed E-state index contributed by atoms with van der Waals surface area (Å²) in [5.41, 5.74) is 0.810. The van der Waals surface area contributed by atoms with Crippen LogP contribution in [0, 0.1) is 0 Å². The van der Waals surface area contributed by atoms with Crippen LogP contribution in [0.1, 0.15) is 5.89 Å². The van der Waals surface area contributed by atoms with Gasteiger partial charge in [-0.05, 0) is 6.07 Å². The number of aromatic nitrogens is 2. The Morgan fingerprint density at radius 1 is 1.39 bits per heavy atom. The molecule has 1 aliphatic heterocycles. The monoisotopic (exact) mass is 267 g/mol. The molecule has 7 heteroatoms. The van der Waals surface area contributed by atoms with Gasteiger partial charge in [0.15, 0.2) is 0 Å². The second-order valence-electron chi connectivity index (χ2n) is 4.15. The van der Waals surface area contributed by atoms with Crippen molar-refractivity contribution in [2.24, 2.45) is 0 Å². The summed E-state index contributed by atoms with van der Waals surface area (Å²) >= 11 is 0. The fraction of sp³-hybridized carbons (Fsp3) is 0.455. The Hall–Kier alpha value is -1.47. The molecule has 6 nitrogen and oxygen atoms in total. The van der Waals surface area contributed by atoms with Gasteiger partial charge in [0.1, 0.15) is 6.26 Å². The first-order valence-corrected chi connectivity index (χ1v) is 7.22. The van der Waals surface area contributed by atoms with Gasteiger partial charge < -0.3 is 8.94 Å². The van der Waals surface area contributed by atoms with Gasteiger partial charge in [-0.1, -0.05) is 5.16 Å². The van der Waals surface area contributed by atoms with Crippen LogP contribution in [-0.2, 0) is 17.3 Å². The second kappa shape index (κ2) is 5.03. The molecule has 0 radical (unpaired) electrons. The number of hydrogen-bond donors (Lipinski definition) is 0. The summed E-state index contributed by atoms with van der Waals surface area (Å²) in [5.74, 6) is 2.57. The van der Waals surface area contributed by atoms with Crippen LogP contribution in [0.25, 0.3) is 11.4 Å². The molecule has 2 aromatic rings. The van der Waals surface area contributed by atoms with Crippen LogP contribution in [0.5, 0.6) is 0 Å². The van der Waals surface area contributed by atoms with E-state index in [9.17, 15) is 4.21 Å². The van der Waals surface area contributed by atoms with Crippen molar-refractivity contribution in [1.82, 2.24) is 15.0 Å². The first-order valence-electron chi connectivity index (χ1n) is 5.74. The second-order valence-corrected chi connectivity index (χ2v) is 5.84. The van der Waals surface area contributed by atoms with Crippen LogP contribution < -0.4 is 0 Å². The molecule has 0 aliphatic carbocycles. The summed E-state index contributed by atoms with van der Waals surface area (Å²) in [6.07, 6.45) is 3.16. The summed E-state index contributed by atoms with van der Waals surface area (Å²) in [6.45, 7) is 2.24. The minimum atomic E-state index is -0.659. The summed E-state index contributed by atoms with van der Waals surface area (Å²) in [6, 6.07) is 1.79. The van der Waals surface area contributed by atoms with Gasteiger partial charge in [-0.25, -0.2) is 0 Å². The molecule has 0 saturated carbocycles. The zero-order chi connectivity index (χ0) is 12.4. The molecule has 0 bridgehead atoms. The Bertz CT molecular complexity index is 527.